The zero-order chi connectivity index (χ0) is 10.4. The van der Waals surface area contributed by atoms with E-state index < -0.39 is 0 Å². The number of isocyanates is 1. The molecular weight excluding hydrogens is 198 g/mol. The minimum absolute atomic E-state index is 0.321. The maximum atomic E-state index is 9.99. The van der Waals surface area contributed by atoms with E-state index in [-0.39, 0.29) is 0 Å². The number of rotatable bonds is 4. The lowest BCUT2D eigenvalue weighted by atomic mass is 10.2. The summed E-state index contributed by atoms with van der Waals surface area (Å²) >= 11 is 1.64. The molecule has 0 amide bonds. The molecule has 0 unspecified atom stereocenters. The van der Waals surface area contributed by atoms with Crippen LogP contribution in [0, 0.1) is 0 Å². The van der Waals surface area contributed by atoms with Crippen molar-refractivity contribution in [1.82, 2.24) is 0 Å². The molecule has 1 aromatic rings. The number of benzene rings is 1. The van der Waals surface area contributed by atoms with Crippen molar-refractivity contribution in [2.45, 2.75) is 11.4 Å². The summed E-state index contributed by atoms with van der Waals surface area (Å²) in [4.78, 5) is 14.7. The van der Waals surface area contributed by atoms with Gasteiger partial charge in [-0.25, -0.2) is 9.79 Å². The first kappa shape index (κ1) is 10.8. The lowest BCUT2D eigenvalue weighted by Gasteiger charge is -2.06. The first-order chi connectivity index (χ1) is 6.81. The second-order valence-electron chi connectivity index (χ2n) is 2.59. The number of hydrogen-bond donors (Lipinski definition) is 0. The maximum Gasteiger partial charge on any atom is 0.235 e. The average molecular weight is 209 g/mol. The van der Waals surface area contributed by atoms with Crippen LogP contribution in [-0.4, -0.2) is 19.4 Å². The molecular formula is C10H11NO2S. The minimum atomic E-state index is 0.321. The Labute approximate surface area is 87.2 Å². The SMILES string of the molecule is COc1ccc(SC)cc1CN=C=O. The molecule has 0 atom stereocenters. The predicted molar refractivity (Wildman–Crippen MR) is 56.6 cm³/mol. The third-order valence-corrected chi connectivity index (χ3v) is 2.53. The van der Waals surface area contributed by atoms with E-state index in [4.69, 9.17) is 4.74 Å². The molecule has 0 radical (unpaired) electrons. The highest BCUT2D eigenvalue weighted by molar-refractivity contribution is 7.98. The number of nitrogens with zero attached hydrogens (tertiary/aromatic N) is 1. The number of carbonyl (C=O) groups excluding carboxylic acids is 1. The molecule has 1 aromatic carbocycles. The Morgan fingerprint density at radius 2 is 2.36 bits per heavy atom. The van der Waals surface area contributed by atoms with Crippen LogP contribution in [0.15, 0.2) is 28.1 Å². The van der Waals surface area contributed by atoms with Crippen LogP contribution in [0.25, 0.3) is 0 Å². The smallest absolute Gasteiger partial charge is 0.235 e. The topological polar surface area (TPSA) is 38.7 Å². The van der Waals surface area contributed by atoms with Crippen LogP contribution in [0.1, 0.15) is 5.56 Å². The Bertz CT molecular complexity index is 359. The summed E-state index contributed by atoms with van der Waals surface area (Å²) in [5, 5.41) is 0. The van der Waals surface area contributed by atoms with Crippen molar-refractivity contribution in [3.8, 4) is 5.75 Å². The summed E-state index contributed by atoms with van der Waals surface area (Å²) in [6.07, 6.45) is 3.51. The van der Waals surface area contributed by atoms with Gasteiger partial charge in [0.25, 0.3) is 0 Å². The van der Waals surface area contributed by atoms with Gasteiger partial charge in [0.2, 0.25) is 6.08 Å². The molecule has 74 valence electrons. The molecule has 0 saturated carbocycles. The molecule has 0 N–H and O–H groups in total. The molecule has 1 rings (SSSR count). The fourth-order valence-corrected chi connectivity index (χ4v) is 1.59. The number of methoxy groups -OCH3 is 1. The molecule has 0 aliphatic heterocycles. The van der Waals surface area contributed by atoms with E-state index >= 15 is 0 Å². The Morgan fingerprint density at radius 1 is 1.57 bits per heavy atom. The van der Waals surface area contributed by atoms with Gasteiger partial charge in [0.05, 0.1) is 13.7 Å². The molecule has 4 heteroatoms. The van der Waals surface area contributed by atoms with Gasteiger partial charge < -0.3 is 4.74 Å². The first-order valence-corrected chi connectivity index (χ1v) is 5.29. The van der Waals surface area contributed by atoms with E-state index in [1.165, 1.54) is 6.08 Å². The zero-order valence-electron chi connectivity index (χ0n) is 8.11. The van der Waals surface area contributed by atoms with Crippen LogP contribution in [0.3, 0.4) is 0 Å². The van der Waals surface area contributed by atoms with Gasteiger partial charge in [-0.05, 0) is 24.5 Å². The quantitative estimate of drug-likeness (QED) is 0.433. The van der Waals surface area contributed by atoms with Gasteiger partial charge in [-0.1, -0.05) is 0 Å². The van der Waals surface area contributed by atoms with Crippen molar-refractivity contribution < 1.29 is 9.53 Å². The minimum Gasteiger partial charge on any atom is -0.496 e. The molecule has 0 aromatic heterocycles. The standard InChI is InChI=1S/C10H11NO2S/c1-13-10-4-3-9(14-2)5-8(10)6-11-7-12/h3-5H,6H2,1-2H3. The number of ether oxygens (including phenoxy) is 1. The normalized spacial score (nSPS) is 9.29. The van der Waals surface area contributed by atoms with E-state index in [0.717, 1.165) is 16.2 Å². The van der Waals surface area contributed by atoms with Gasteiger partial charge in [-0.2, -0.15) is 0 Å². The van der Waals surface area contributed by atoms with Gasteiger partial charge in [0, 0.05) is 10.5 Å². The number of thioether (sulfide) groups is 1. The summed E-state index contributed by atoms with van der Waals surface area (Å²) in [7, 11) is 1.60. The molecule has 0 saturated heterocycles. The second kappa shape index (κ2) is 5.47. The van der Waals surface area contributed by atoms with Gasteiger partial charge in [-0.3, -0.25) is 0 Å². The highest BCUT2D eigenvalue weighted by atomic mass is 32.2. The number of aliphatic imine (C=N–C) groups is 1. The summed E-state index contributed by atoms with van der Waals surface area (Å²) in [6, 6.07) is 5.81. The van der Waals surface area contributed by atoms with E-state index in [1.807, 2.05) is 24.5 Å². The molecule has 3 nitrogen and oxygen atoms in total. The third kappa shape index (κ3) is 2.62. The molecule has 0 bridgehead atoms. The van der Waals surface area contributed by atoms with Crippen LogP contribution in [0.2, 0.25) is 0 Å². The van der Waals surface area contributed by atoms with Crippen LogP contribution in [-0.2, 0) is 11.3 Å². The van der Waals surface area contributed by atoms with Crippen LogP contribution >= 0.6 is 11.8 Å². The van der Waals surface area contributed by atoms with Crippen molar-refractivity contribution in [2.75, 3.05) is 13.4 Å². The van der Waals surface area contributed by atoms with E-state index in [2.05, 4.69) is 4.99 Å². The summed E-state index contributed by atoms with van der Waals surface area (Å²) < 4.78 is 5.14. The van der Waals surface area contributed by atoms with Gasteiger partial charge in [0.1, 0.15) is 5.75 Å². The monoisotopic (exact) mass is 209 g/mol. The fraction of sp³-hybridized carbons (Fsp3) is 0.300. The van der Waals surface area contributed by atoms with Crippen molar-refractivity contribution in [1.29, 1.82) is 0 Å². The van der Waals surface area contributed by atoms with Crippen molar-refractivity contribution in [2.24, 2.45) is 4.99 Å². The number of hydrogen-bond acceptors (Lipinski definition) is 4. The molecule has 14 heavy (non-hydrogen) atoms. The largest absolute Gasteiger partial charge is 0.496 e. The van der Waals surface area contributed by atoms with Crippen LogP contribution < -0.4 is 4.74 Å². The van der Waals surface area contributed by atoms with Gasteiger partial charge in [-0.15, -0.1) is 11.8 Å². The Balaban J connectivity index is 3.01. The molecule has 0 heterocycles. The molecule has 0 aliphatic carbocycles. The van der Waals surface area contributed by atoms with Crippen LogP contribution in [0.5, 0.6) is 5.75 Å². The highest BCUT2D eigenvalue weighted by Crippen LogP contribution is 2.25. The Hall–Kier alpha value is -1.25. The lowest BCUT2D eigenvalue weighted by molar-refractivity contribution is 0.409. The van der Waals surface area contributed by atoms with Gasteiger partial charge >= 0.3 is 0 Å². The highest BCUT2D eigenvalue weighted by Gasteiger charge is 2.02. The van der Waals surface area contributed by atoms with Gasteiger partial charge in [0.15, 0.2) is 0 Å². The molecule has 0 aliphatic rings. The summed E-state index contributed by atoms with van der Waals surface area (Å²) in [5.74, 6) is 0.752. The van der Waals surface area contributed by atoms with Crippen LogP contribution in [0.4, 0.5) is 0 Å². The molecule has 0 spiro atoms. The average Bonchev–Trinajstić information content (AvgIpc) is 2.25. The summed E-state index contributed by atoms with van der Waals surface area (Å²) in [6.45, 7) is 0.321. The predicted octanol–water partition coefficient (Wildman–Crippen LogP) is 2.25. The second-order valence-corrected chi connectivity index (χ2v) is 3.46. The maximum absolute atomic E-state index is 9.99. The Morgan fingerprint density at radius 3 is 2.93 bits per heavy atom. The molecule has 0 fully saturated rings. The van der Waals surface area contributed by atoms with E-state index in [1.54, 1.807) is 18.9 Å². The van der Waals surface area contributed by atoms with E-state index in [9.17, 15) is 4.79 Å². The first-order valence-electron chi connectivity index (χ1n) is 4.06. The van der Waals surface area contributed by atoms with Crippen molar-refractivity contribution in [3.05, 3.63) is 23.8 Å². The van der Waals surface area contributed by atoms with Crippen molar-refractivity contribution >= 4 is 17.8 Å². The lowest BCUT2D eigenvalue weighted by Crippen LogP contribution is -1.91. The summed E-state index contributed by atoms with van der Waals surface area (Å²) in [5.41, 5.74) is 0.905. The van der Waals surface area contributed by atoms with Crippen molar-refractivity contribution in [3.63, 3.8) is 0 Å². The van der Waals surface area contributed by atoms with E-state index in [0.29, 0.717) is 6.54 Å². The Kier molecular flexibility index (Phi) is 4.23. The fourth-order valence-electron chi connectivity index (χ4n) is 1.12. The zero-order valence-corrected chi connectivity index (χ0v) is 8.93. The third-order valence-electron chi connectivity index (χ3n) is 1.80.